The molecular weight excluding hydrogens is 342 g/mol. The molecule has 5 heteroatoms. The predicted molar refractivity (Wildman–Crippen MR) is 109 cm³/mol. The Morgan fingerprint density at radius 2 is 1.88 bits per heavy atom. The van der Waals surface area contributed by atoms with Crippen molar-refractivity contribution in [3.05, 3.63) is 70.5 Å². The summed E-state index contributed by atoms with van der Waals surface area (Å²) in [6, 6.07) is 15.9. The van der Waals surface area contributed by atoms with Crippen LogP contribution in [0.25, 0.3) is 0 Å². The van der Waals surface area contributed by atoms with Gasteiger partial charge < -0.3 is 10.6 Å². The molecule has 0 spiro atoms. The summed E-state index contributed by atoms with van der Waals surface area (Å²) in [6.07, 6.45) is 2.06. The zero-order valence-electron chi connectivity index (χ0n) is 15.2. The number of benzene rings is 1. The van der Waals surface area contributed by atoms with Crippen molar-refractivity contribution >= 4 is 34.4 Å². The average Bonchev–Trinajstić information content (AvgIpc) is 3.09. The number of hydrogen-bond donors (Lipinski definition) is 2. The van der Waals surface area contributed by atoms with E-state index >= 15 is 0 Å². The van der Waals surface area contributed by atoms with Crippen LogP contribution in [0.2, 0.25) is 0 Å². The predicted octanol–water partition coefficient (Wildman–Crippen LogP) is 5.37. The van der Waals surface area contributed by atoms with Crippen LogP contribution in [-0.2, 0) is 16.6 Å². The largest absolute Gasteiger partial charge is 0.340 e. The van der Waals surface area contributed by atoms with E-state index in [9.17, 15) is 4.79 Å². The lowest BCUT2D eigenvalue weighted by atomic mass is 9.86. The van der Waals surface area contributed by atoms with E-state index in [2.05, 4.69) is 48.5 Å². The number of rotatable bonds is 5. The summed E-state index contributed by atoms with van der Waals surface area (Å²) in [5, 5.41) is 8.23. The lowest BCUT2D eigenvalue weighted by Crippen LogP contribution is -2.14. The Balaban J connectivity index is 1.66. The van der Waals surface area contributed by atoms with Crippen molar-refractivity contribution in [2.24, 2.45) is 0 Å². The second-order valence-electron chi connectivity index (χ2n) is 7.16. The van der Waals surface area contributed by atoms with Crippen LogP contribution in [0.4, 0.5) is 17.2 Å². The third-order valence-corrected chi connectivity index (χ3v) is 4.84. The highest BCUT2D eigenvalue weighted by atomic mass is 32.1. The highest BCUT2D eigenvalue weighted by Crippen LogP contribution is 2.30. The van der Waals surface area contributed by atoms with Crippen molar-refractivity contribution < 1.29 is 4.79 Å². The number of carbonyl (C=O) groups excluding carboxylic acids is 1. The summed E-state index contributed by atoms with van der Waals surface area (Å²) in [6.45, 7) is 6.56. The lowest BCUT2D eigenvalue weighted by Gasteiger charge is -2.23. The van der Waals surface area contributed by atoms with Gasteiger partial charge in [0.15, 0.2) is 0 Å². The first-order chi connectivity index (χ1) is 12.4. The molecule has 0 radical (unpaired) electrons. The molecule has 0 saturated carbocycles. The highest BCUT2D eigenvalue weighted by Gasteiger charge is 2.17. The molecular formula is C21H23N3OS. The van der Waals surface area contributed by atoms with E-state index in [4.69, 9.17) is 0 Å². The zero-order valence-corrected chi connectivity index (χ0v) is 16.1. The molecule has 26 heavy (non-hydrogen) atoms. The molecule has 0 aliphatic rings. The third kappa shape index (κ3) is 4.70. The minimum atomic E-state index is -0.0342. The summed E-state index contributed by atoms with van der Waals surface area (Å²) in [5.41, 5.74) is 3.01. The van der Waals surface area contributed by atoms with Gasteiger partial charge in [0.1, 0.15) is 5.82 Å². The lowest BCUT2D eigenvalue weighted by molar-refractivity contribution is -0.115. The summed E-state index contributed by atoms with van der Waals surface area (Å²) in [4.78, 5) is 17.5. The molecule has 3 aromatic rings. The molecule has 0 saturated heterocycles. The Hall–Kier alpha value is -2.66. The number of pyridine rings is 1. The molecule has 2 heterocycles. The first kappa shape index (κ1) is 18.1. The summed E-state index contributed by atoms with van der Waals surface area (Å²) < 4.78 is 0. The number of para-hydroxylation sites is 1. The van der Waals surface area contributed by atoms with Crippen LogP contribution in [0.15, 0.2) is 60.1 Å². The Bertz CT molecular complexity index is 865. The first-order valence-corrected chi connectivity index (χ1v) is 9.44. The van der Waals surface area contributed by atoms with Gasteiger partial charge >= 0.3 is 0 Å². The summed E-state index contributed by atoms with van der Waals surface area (Å²) in [7, 11) is 0. The van der Waals surface area contributed by atoms with Gasteiger partial charge in [0.25, 0.3) is 0 Å². The minimum Gasteiger partial charge on any atom is -0.340 e. The van der Waals surface area contributed by atoms with E-state index in [0.29, 0.717) is 12.1 Å². The van der Waals surface area contributed by atoms with Gasteiger partial charge in [-0.15, -0.1) is 11.3 Å². The number of hydrogen-bond acceptors (Lipinski definition) is 4. The Kier molecular flexibility index (Phi) is 5.38. The maximum Gasteiger partial charge on any atom is 0.229 e. The van der Waals surface area contributed by atoms with Gasteiger partial charge in [0.2, 0.25) is 5.91 Å². The molecule has 4 nitrogen and oxygen atoms in total. The van der Waals surface area contributed by atoms with Crippen LogP contribution in [0.1, 0.15) is 31.2 Å². The Labute approximate surface area is 158 Å². The smallest absolute Gasteiger partial charge is 0.229 e. The number of nitrogens with zero attached hydrogens (tertiary/aromatic N) is 1. The molecule has 2 N–H and O–H groups in total. The molecule has 134 valence electrons. The third-order valence-electron chi connectivity index (χ3n) is 3.96. The molecule has 2 aromatic heterocycles. The van der Waals surface area contributed by atoms with Gasteiger partial charge in [-0.25, -0.2) is 4.98 Å². The van der Waals surface area contributed by atoms with Crippen LogP contribution in [0.5, 0.6) is 0 Å². The zero-order chi connectivity index (χ0) is 18.6. The van der Waals surface area contributed by atoms with Gasteiger partial charge in [0, 0.05) is 10.6 Å². The maximum absolute atomic E-state index is 12.1. The van der Waals surface area contributed by atoms with Gasteiger partial charge in [-0.3, -0.25) is 4.79 Å². The fourth-order valence-electron chi connectivity index (χ4n) is 2.70. The van der Waals surface area contributed by atoms with Crippen molar-refractivity contribution in [1.29, 1.82) is 0 Å². The number of aromatic nitrogens is 1. The van der Waals surface area contributed by atoms with E-state index in [1.807, 2.05) is 41.8 Å². The molecule has 1 aromatic carbocycles. The van der Waals surface area contributed by atoms with Crippen LogP contribution < -0.4 is 10.6 Å². The molecule has 0 aliphatic carbocycles. The average molecular weight is 366 g/mol. The van der Waals surface area contributed by atoms with E-state index in [-0.39, 0.29) is 11.3 Å². The SMILES string of the molecule is CC(C)(C)c1ccccc1Nc1ccc(NC(=O)Cc2cccs2)cn1. The summed E-state index contributed by atoms with van der Waals surface area (Å²) in [5.74, 6) is 0.714. The molecule has 1 amide bonds. The Morgan fingerprint density at radius 3 is 2.54 bits per heavy atom. The second kappa shape index (κ2) is 7.70. The van der Waals surface area contributed by atoms with Crippen molar-refractivity contribution in [1.82, 2.24) is 4.98 Å². The van der Waals surface area contributed by atoms with Gasteiger partial charge in [0.05, 0.1) is 18.3 Å². The van der Waals surface area contributed by atoms with Gasteiger partial charge in [-0.1, -0.05) is 45.0 Å². The molecule has 3 rings (SSSR count). The maximum atomic E-state index is 12.1. The van der Waals surface area contributed by atoms with E-state index < -0.39 is 0 Å². The van der Waals surface area contributed by atoms with Gasteiger partial charge in [-0.05, 0) is 40.6 Å². The van der Waals surface area contributed by atoms with Crippen LogP contribution in [0, 0.1) is 0 Å². The van der Waals surface area contributed by atoms with E-state index in [1.54, 1.807) is 17.5 Å². The number of amides is 1. The van der Waals surface area contributed by atoms with Crippen molar-refractivity contribution in [3.63, 3.8) is 0 Å². The molecule has 0 unspecified atom stereocenters. The van der Waals surface area contributed by atoms with Crippen LogP contribution >= 0.6 is 11.3 Å². The van der Waals surface area contributed by atoms with E-state index in [1.165, 1.54) is 5.56 Å². The van der Waals surface area contributed by atoms with Crippen LogP contribution in [-0.4, -0.2) is 10.9 Å². The fraction of sp³-hybridized carbons (Fsp3) is 0.238. The van der Waals surface area contributed by atoms with Crippen molar-refractivity contribution in [2.75, 3.05) is 10.6 Å². The molecule has 0 bridgehead atoms. The minimum absolute atomic E-state index is 0.0342. The second-order valence-corrected chi connectivity index (χ2v) is 8.19. The monoisotopic (exact) mass is 365 g/mol. The number of carbonyl (C=O) groups is 1. The van der Waals surface area contributed by atoms with Gasteiger partial charge in [-0.2, -0.15) is 0 Å². The fourth-order valence-corrected chi connectivity index (χ4v) is 3.41. The summed E-state index contributed by atoms with van der Waals surface area (Å²) >= 11 is 1.58. The first-order valence-electron chi connectivity index (χ1n) is 8.56. The standard InChI is InChI=1S/C21H23N3OS/c1-21(2,3)17-8-4-5-9-18(17)24-19-11-10-15(14-22-19)23-20(25)13-16-7-6-12-26-16/h4-12,14H,13H2,1-3H3,(H,22,24)(H,23,25). The topological polar surface area (TPSA) is 54.0 Å². The molecule has 0 atom stereocenters. The Morgan fingerprint density at radius 1 is 1.08 bits per heavy atom. The number of thiophene rings is 1. The van der Waals surface area contributed by atoms with Crippen molar-refractivity contribution in [2.45, 2.75) is 32.6 Å². The van der Waals surface area contributed by atoms with Crippen LogP contribution in [0.3, 0.4) is 0 Å². The molecule has 0 aliphatic heterocycles. The molecule has 0 fully saturated rings. The van der Waals surface area contributed by atoms with Crippen molar-refractivity contribution in [3.8, 4) is 0 Å². The normalized spacial score (nSPS) is 11.2. The quantitative estimate of drug-likeness (QED) is 0.639. The number of nitrogens with one attached hydrogen (secondary N) is 2. The number of anilines is 3. The van der Waals surface area contributed by atoms with E-state index in [0.717, 1.165) is 16.4 Å². The highest BCUT2D eigenvalue weighted by molar-refractivity contribution is 7.10.